The van der Waals surface area contributed by atoms with E-state index in [2.05, 4.69) is 29.6 Å². The first-order valence-electron chi connectivity index (χ1n) is 5.76. The maximum atomic E-state index is 9.87. The van der Waals surface area contributed by atoms with Crippen molar-refractivity contribution in [2.45, 2.75) is 37.8 Å². The van der Waals surface area contributed by atoms with Crippen molar-refractivity contribution in [3.05, 3.63) is 35.9 Å². The van der Waals surface area contributed by atoms with Gasteiger partial charge in [-0.3, -0.25) is 0 Å². The summed E-state index contributed by atoms with van der Waals surface area (Å²) >= 11 is 0. The minimum atomic E-state index is -0.344. The second-order valence-electron chi connectivity index (χ2n) is 4.49. The van der Waals surface area contributed by atoms with Gasteiger partial charge in [0, 0.05) is 6.54 Å². The smallest absolute Gasteiger partial charge is 0.0660 e. The Morgan fingerprint density at radius 1 is 1.20 bits per heavy atom. The molecule has 1 aromatic rings. The zero-order valence-electron chi connectivity index (χ0n) is 9.08. The van der Waals surface area contributed by atoms with Crippen molar-refractivity contribution < 1.29 is 5.11 Å². The average Bonchev–Trinajstić information content (AvgIpc) is 2.23. The standard InChI is InChI=1S/C13H19NO/c15-13(7-4-8-13)9-10-14-11-12-5-2-1-3-6-12/h1-3,5-6,14-15H,4,7-11H2. The highest BCUT2D eigenvalue weighted by Crippen LogP contribution is 2.33. The third kappa shape index (κ3) is 3.05. The van der Waals surface area contributed by atoms with Gasteiger partial charge in [-0.15, -0.1) is 0 Å². The molecule has 0 unspecified atom stereocenters. The molecule has 1 fully saturated rings. The highest BCUT2D eigenvalue weighted by Gasteiger charge is 2.33. The Kier molecular flexibility index (Phi) is 3.39. The summed E-state index contributed by atoms with van der Waals surface area (Å²) in [6.45, 7) is 1.81. The van der Waals surface area contributed by atoms with Crippen molar-refractivity contribution >= 4 is 0 Å². The van der Waals surface area contributed by atoms with Gasteiger partial charge in [-0.1, -0.05) is 30.3 Å². The van der Waals surface area contributed by atoms with Gasteiger partial charge in [0.25, 0.3) is 0 Å². The van der Waals surface area contributed by atoms with E-state index in [0.717, 1.165) is 32.4 Å². The van der Waals surface area contributed by atoms with E-state index in [0.29, 0.717) is 0 Å². The van der Waals surface area contributed by atoms with Gasteiger partial charge in [-0.05, 0) is 37.8 Å². The number of aliphatic hydroxyl groups is 1. The lowest BCUT2D eigenvalue weighted by Crippen LogP contribution is -2.39. The fourth-order valence-corrected chi connectivity index (χ4v) is 1.98. The monoisotopic (exact) mass is 205 g/mol. The Bertz CT molecular complexity index is 293. The van der Waals surface area contributed by atoms with Crippen molar-refractivity contribution in [1.29, 1.82) is 0 Å². The Morgan fingerprint density at radius 2 is 1.93 bits per heavy atom. The summed E-state index contributed by atoms with van der Waals surface area (Å²) in [6.07, 6.45) is 4.05. The van der Waals surface area contributed by atoms with Crippen LogP contribution >= 0.6 is 0 Å². The van der Waals surface area contributed by atoms with Crippen molar-refractivity contribution in [3.63, 3.8) is 0 Å². The van der Waals surface area contributed by atoms with Crippen LogP contribution in [0.15, 0.2) is 30.3 Å². The third-order valence-electron chi connectivity index (χ3n) is 3.22. The van der Waals surface area contributed by atoms with Crippen LogP contribution in [0.25, 0.3) is 0 Å². The third-order valence-corrected chi connectivity index (χ3v) is 3.22. The van der Waals surface area contributed by atoms with Crippen LogP contribution in [-0.2, 0) is 6.54 Å². The van der Waals surface area contributed by atoms with Crippen LogP contribution in [0.4, 0.5) is 0 Å². The summed E-state index contributed by atoms with van der Waals surface area (Å²) in [5.74, 6) is 0. The molecule has 2 nitrogen and oxygen atoms in total. The largest absolute Gasteiger partial charge is 0.390 e. The molecule has 0 amide bonds. The molecule has 1 aromatic carbocycles. The van der Waals surface area contributed by atoms with E-state index < -0.39 is 0 Å². The first kappa shape index (κ1) is 10.7. The van der Waals surface area contributed by atoms with Crippen molar-refractivity contribution in [2.24, 2.45) is 0 Å². The first-order valence-corrected chi connectivity index (χ1v) is 5.76. The highest BCUT2D eigenvalue weighted by atomic mass is 16.3. The molecule has 0 atom stereocenters. The zero-order valence-corrected chi connectivity index (χ0v) is 9.08. The van der Waals surface area contributed by atoms with Crippen LogP contribution in [0.1, 0.15) is 31.2 Å². The maximum absolute atomic E-state index is 9.87. The fraction of sp³-hybridized carbons (Fsp3) is 0.538. The van der Waals surface area contributed by atoms with E-state index in [1.165, 1.54) is 12.0 Å². The van der Waals surface area contributed by atoms with Gasteiger partial charge in [-0.25, -0.2) is 0 Å². The van der Waals surface area contributed by atoms with Gasteiger partial charge in [0.15, 0.2) is 0 Å². The molecule has 1 aliphatic carbocycles. The summed E-state index contributed by atoms with van der Waals surface area (Å²) in [4.78, 5) is 0. The molecule has 0 heterocycles. The zero-order chi connectivity index (χ0) is 10.6. The summed E-state index contributed by atoms with van der Waals surface area (Å²) in [6, 6.07) is 10.4. The van der Waals surface area contributed by atoms with E-state index in [1.54, 1.807) is 0 Å². The first-order chi connectivity index (χ1) is 7.29. The fourth-order valence-electron chi connectivity index (χ4n) is 1.98. The van der Waals surface area contributed by atoms with Crippen LogP contribution in [0.5, 0.6) is 0 Å². The second-order valence-corrected chi connectivity index (χ2v) is 4.49. The topological polar surface area (TPSA) is 32.3 Å². The lowest BCUT2D eigenvalue weighted by atomic mass is 9.78. The normalized spacial score (nSPS) is 18.5. The lowest BCUT2D eigenvalue weighted by Gasteiger charge is -2.36. The van der Waals surface area contributed by atoms with Gasteiger partial charge < -0.3 is 10.4 Å². The molecule has 2 N–H and O–H groups in total. The Hall–Kier alpha value is -0.860. The van der Waals surface area contributed by atoms with Crippen LogP contribution < -0.4 is 5.32 Å². The van der Waals surface area contributed by atoms with Gasteiger partial charge in [0.05, 0.1) is 5.60 Å². The van der Waals surface area contributed by atoms with Crippen molar-refractivity contribution in [1.82, 2.24) is 5.32 Å². The summed E-state index contributed by atoms with van der Waals surface area (Å²) in [7, 11) is 0. The molecular formula is C13H19NO. The Labute approximate surface area is 91.3 Å². The molecule has 2 heteroatoms. The van der Waals surface area contributed by atoms with Gasteiger partial charge in [0.1, 0.15) is 0 Å². The van der Waals surface area contributed by atoms with Gasteiger partial charge in [0.2, 0.25) is 0 Å². The van der Waals surface area contributed by atoms with Gasteiger partial charge in [-0.2, -0.15) is 0 Å². The lowest BCUT2D eigenvalue weighted by molar-refractivity contribution is -0.0395. The molecule has 0 spiro atoms. The molecule has 0 aliphatic heterocycles. The SMILES string of the molecule is OC1(CCNCc2ccccc2)CCC1. The quantitative estimate of drug-likeness (QED) is 0.721. The minimum absolute atomic E-state index is 0.344. The molecule has 0 radical (unpaired) electrons. The molecule has 1 saturated carbocycles. The van der Waals surface area contributed by atoms with Crippen LogP contribution in [0.2, 0.25) is 0 Å². The molecular weight excluding hydrogens is 186 g/mol. The number of benzene rings is 1. The minimum Gasteiger partial charge on any atom is -0.390 e. The Morgan fingerprint density at radius 3 is 2.53 bits per heavy atom. The molecule has 15 heavy (non-hydrogen) atoms. The second kappa shape index (κ2) is 4.77. The van der Waals surface area contributed by atoms with Crippen molar-refractivity contribution in [2.75, 3.05) is 6.54 Å². The van der Waals surface area contributed by atoms with E-state index in [1.807, 2.05) is 6.07 Å². The molecule has 0 bridgehead atoms. The average molecular weight is 205 g/mol. The predicted molar refractivity (Wildman–Crippen MR) is 61.6 cm³/mol. The number of hydrogen-bond acceptors (Lipinski definition) is 2. The summed E-state index contributed by atoms with van der Waals surface area (Å²) < 4.78 is 0. The number of hydrogen-bond donors (Lipinski definition) is 2. The molecule has 2 rings (SSSR count). The van der Waals surface area contributed by atoms with Crippen LogP contribution in [0.3, 0.4) is 0 Å². The van der Waals surface area contributed by atoms with E-state index in [9.17, 15) is 5.11 Å². The number of nitrogens with one attached hydrogen (secondary N) is 1. The Balaban J connectivity index is 1.63. The number of rotatable bonds is 5. The highest BCUT2D eigenvalue weighted by molar-refractivity contribution is 5.14. The molecule has 0 saturated heterocycles. The van der Waals surface area contributed by atoms with Crippen LogP contribution in [-0.4, -0.2) is 17.3 Å². The van der Waals surface area contributed by atoms with Crippen molar-refractivity contribution in [3.8, 4) is 0 Å². The molecule has 82 valence electrons. The van der Waals surface area contributed by atoms with E-state index >= 15 is 0 Å². The van der Waals surface area contributed by atoms with Gasteiger partial charge >= 0.3 is 0 Å². The predicted octanol–water partition coefficient (Wildman–Crippen LogP) is 2.08. The van der Waals surface area contributed by atoms with E-state index in [4.69, 9.17) is 0 Å². The van der Waals surface area contributed by atoms with Crippen LogP contribution in [0, 0.1) is 0 Å². The maximum Gasteiger partial charge on any atom is 0.0660 e. The molecule has 0 aromatic heterocycles. The molecule has 1 aliphatic rings. The summed E-state index contributed by atoms with van der Waals surface area (Å²) in [5, 5.41) is 13.2. The van der Waals surface area contributed by atoms with E-state index in [-0.39, 0.29) is 5.60 Å². The summed E-state index contributed by atoms with van der Waals surface area (Å²) in [5.41, 5.74) is 0.960.